The van der Waals surface area contributed by atoms with Crippen molar-refractivity contribution in [3.8, 4) is 11.6 Å². The van der Waals surface area contributed by atoms with E-state index in [1.54, 1.807) is 44.2 Å². The van der Waals surface area contributed by atoms with Gasteiger partial charge in [-0.25, -0.2) is 18.3 Å². The zero-order chi connectivity index (χ0) is 25.2. The lowest BCUT2D eigenvalue weighted by Crippen LogP contribution is -2.28. The van der Waals surface area contributed by atoms with Gasteiger partial charge in [-0.15, -0.1) is 0 Å². The number of hydrogen-bond acceptors (Lipinski definition) is 4. The molecule has 1 amide bonds. The number of alkyl halides is 2. The number of rotatable bonds is 8. The number of nitrogens with zero attached hydrogens (tertiary/aromatic N) is 2. The van der Waals surface area contributed by atoms with Crippen molar-refractivity contribution >= 4 is 11.9 Å². The Bertz CT molecular complexity index is 1220. The van der Waals surface area contributed by atoms with Gasteiger partial charge >= 0.3 is 5.97 Å². The smallest absolute Gasteiger partial charge is 0.335 e. The molecule has 0 fully saturated rings. The first kappa shape index (κ1) is 24.9. The first-order chi connectivity index (χ1) is 16.0. The molecule has 1 aromatic heterocycles. The lowest BCUT2D eigenvalue weighted by Gasteiger charge is -2.17. The number of carboxylic acids is 1. The van der Waals surface area contributed by atoms with Crippen LogP contribution in [-0.4, -0.2) is 26.8 Å². The van der Waals surface area contributed by atoms with Gasteiger partial charge in [0.25, 0.3) is 12.3 Å². The third kappa shape index (κ3) is 5.24. The van der Waals surface area contributed by atoms with Crippen molar-refractivity contribution in [1.82, 2.24) is 15.1 Å². The number of hydrogen-bond donors (Lipinski definition) is 2. The molecule has 0 radical (unpaired) electrons. The minimum Gasteiger partial charge on any atom is -0.478 e. The van der Waals surface area contributed by atoms with Crippen LogP contribution in [0.25, 0.3) is 0 Å². The molecule has 2 aromatic carbocycles. The first-order valence-corrected chi connectivity index (χ1v) is 10.8. The van der Waals surface area contributed by atoms with E-state index in [2.05, 4.69) is 10.4 Å². The topological polar surface area (TPSA) is 93.5 Å². The van der Waals surface area contributed by atoms with Crippen LogP contribution in [0.4, 0.5) is 8.78 Å². The second kappa shape index (κ2) is 10.0. The predicted octanol–water partition coefficient (Wildman–Crippen LogP) is 5.77. The Labute approximate surface area is 196 Å². The van der Waals surface area contributed by atoms with Crippen molar-refractivity contribution in [3.05, 3.63) is 76.0 Å². The minimum absolute atomic E-state index is 0.0988. The highest BCUT2D eigenvalue weighted by Crippen LogP contribution is 2.33. The second-order valence-electron chi connectivity index (χ2n) is 8.39. The average molecular weight is 472 g/mol. The Kier molecular flexibility index (Phi) is 7.34. The molecule has 1 heterocycles. The fraction of sp³-hybridized carbons (Fsp3) is 0.320. The van der Waals surface area contributed by atoms with Gasteiger partial charge in [0.05, 0.1) is 11.6 Å². The van der Waals surface area contributed by atoms with Gasteiger partial charge in [0.1, 0.15) is 17.0 Å². The van der Waals surface area contributed by atoms with Gasteiger partial charge in [0.2, 0.25) is 5.88 Å². The fourth-order valence-electron chi connectivity index (χ4n) is 3.61. The van der Waals surface area contributed by atoms with Crippen LogP contribution in [-0.2, 0) is 7.05 Å². The number of aryl methyl sites for hydroxylation is 2. The number of aromatic nitrogens is 2. The van der Waals surface area contributed by atoms with Gasteiger partial charge in [-0.2, -0.15) is 5.10 Å². The maximum atomic E-state index is 13.8. The molecule has 180 valence electrons. The Morgan fingerprint density at radius 2 is 1.79 bits per heavy atom. The molecule has 0 aliphatic carbocycles. The number of carbonyl (C=O) groups excluding carboxylic acids is 1. The zero-order valence-corrected chi connectivity index (χ0v) is 19.6. The summed E-state index contributed by atoms with van der Waals surface area (Å²) < 4.78 is 34.5. The van der Waals surface area contributed by atoms with Gasteiger partial charge in [-0.1, -0.05) is 38.1 Å². The van der Waals surface area contributed by atoms with Crippen molar-refractivity contribution in [2.24, 2.45) is 7.05 Å². The summed E-state index contributed by atoms with van der Waals surface area (Å²) in [6.07, 6.45) is -2.99. The molecule has 1 unspecified atom stereocenters. The van der Waals surface area contributed by atoms with E-state index in [0.29, 0.717) is 16.9 Å². The third-order valence-electron chi connectivity index (χ3n) is 5.52. The molecule has 0 aliphatic heterocycles. The van der Waals surface area contributed by atoms with Crippen molar-refractivity contribution in [2.75, 3.05) is 0 Å². The van der Waals surface area contributed by atoms with Gasteiger partial charge in [0, 0.05) is 7.05 Å². The van der Waals surface area contributed by atoms with Crippen molar-refractivity contribution < 1.29 is 28.2 Å². The number of ether oxygens (including phenoxy) is 1. The van der Waals surface area contributed by atoms with E-state index in [1.165, 1.54) is 13.1 Å². The van der Waals surface area contributed by atoms with Gasteiger partial charge < -0.3 is 15.2 Å². The number of aromatic carboxylic acids is 1. The molecule has 3 rings (SSSR count). The molecular weight excluding hydrogens is 444 g/mol. The number of carboxylic acid groups (broad SMARTS) is 1. The van der Waals surface area contributed by atoms with Crippen LogP contribution in [0.1, 0.15) is 82.3 Å². The fourth-order valence-corrected chi connectivity index (χ4v) is 3.61. The monoisotopic (exact) mass is 471 g/mol. The predicted molar refractivity (Wildman–Crippen MR) is 123 cm³/mol. The average Bonchev–Trinajstić information content (AvgIpc) is 3.10. The summed E-state index contributed by atoms with van der Waals surface area (Å²) in [5.41, 5.74) is 1.26. The number of amides is 1. The van der Waals surface area contributed by atoms with E-state index in [9.17, 15) is 23.5 Å². The Hall–Kier alpha value is -3.75. The van der Waals surface area contributed by atoms with Gasteiger partial charge in [-0.05, 0) is 54.7 Å². The van der Waals surface area contributed by atoms with E-state index >= 15 is 0 Å². The molecule has 3 aromatic rings. The van der Waals surface area contributed by atoms with Crippen LogP contribution in [0.15, 0.2) is 42.5 Å². The molecule has 9 heteroatoms. The van der Waals surface area contributed by atoms with E-state index in [-0.39, 0.29) is 22.9 Å². The van der Waals surface area contributed by atoms with Crippen molar-refractivity contribution in [3.63, 3.8) is 0 Å². The molecule has 34 heavy (non-hydrogen) atoms. The van der Waals surface area contributed by atoms with E-state index < -0.39 is 30.0 Å². The third-order valence-corrected chi connectivity index (χ3v) is 5.52. The molecule has 1 atom stereocenters. The Morgan fingerprint density at radius 3 is 2.38 bits per heavy atom. The summed E-state index contributed by atoms with van der Waals surface area (Å²) in [5, 5.41) is 15.7. The van der Waals surface area contributed by atoms with E-state index in [0.717, 1.165) is 10.2 Å². The molecule has 0 aliphatic rings. The zero-order valence-electron chi connectivity index (χ0n) is 19.6. The summed E-state index contributed by atoms with van der Waals surface area (Å²) in [7, 11) is 1.43. The number of carbonyl (C=O) groups is 2. The summed E-state index contributed by atoms with van der Waals surface area (Å²) in [6.45, 7) is 7.36. The second-order valence-corrected chi connectivity index (χ2v) is 8.39. The number of halogens is 2. The van der Waals surface area contributed by atoms with Crippen LogP contribution >= 0.6 is 0 Å². The van der Waals surface area contributed by atoms with Crippen molar-refractivity contribution in [1.29, 1.82) is 0 Å². The molecule has 2 N–H and O–H groups in total. The largest absolute Gasteiger partial charge is 0.478 e. The number of nitrogens with one attached hydrogen (secondary N) is 1. The van der Waals surface area contributed by atoms with Crippen LogP contribution in [0.3, 0.4) is 0 Å². The minimum atomic E-state index is -2.99. The normalized spacial score (nSPS) is 12.1. The molecule has 7 nitrogen and oxygen atoms in total. The highest BCUT2D eigenvalue weighted by atomic mass is 19.3. The lowest BCUT2D eigenvalue weighted by molar-refractivity contribution is 0.0695. The maximum Gasteiger partial charge on any atom is 0.335 e. The van der Waals surface area contributed by atoms with Gasteiger partial charge in [0.15, 0.2) is 0 Å². The lowest BCUT2D eigenvalue weighted by atomic mass is 10.0. The first-order valence-electron chi connectivity index (χ1n) is 10.8. The molecule has 0 bridgehead atoms. The van der Waals surface area contributed by atoms with Crippen LogP contribution in [0.2, 0.25) is 0 Å². The SMILES string of the molecule is Cc1cc(C(C)NC(=O)c2c(C(F)F)nn(C)c2Oc2cccc(C(C)C)c2)ccc1C(=O)O. The van der Waals surface area contributed by atoms with Gasteiger partial charge in [-0.3, -0.25) is 4.79 Å². The van der Waals surface area contributed by atoms with E-state index in [1.807, 2.05) is 19.9 Å². The Morgan fingerprint density at radius 1 is 1.09 bits per heavy atom. The summed E-state index contributed by atoms with van der Waals surface area (Å²) in [6, 6.07) is 11.3. The Balaban J connectivity index is 1.93. The number of benzene rings is 2. The quantitative estimate of drug-likeness (QED) is 0.435. The highest BCUT2D eigenvalue weighted by molar-refractivity contribution is 5.98. The maximum absolute atomic E-state index is 13.8. The summed E-state index contributed by atoms with van der Waals surface area (Å²) >= 11 is 0. The molecule has 0 saturated carbocycles. The van der Waals surface area contributed by atoms with Crippen LogP contribution in [0, 0.1) is 6.92 Å². The van der Waals surface area contributed by atoms with Crippen molar-refractivity contribution in [2.45, 2.75) is 46.1 Å². The standard InChI is InChI=1S/C25H27F2N3O4/c1-13(2)16-7-6-8-18(12-16)34-24-20(21(22(26)27)29-30(24)5)23(31)28-15(4)17-9-10-19(25(32)33)14(3)11-17/h6-13,15,22H,1-5H3,(H,28,31)(H,32,33). The highest BCUT2D eigenvalue weighted by Gasteiger charge is 2.30. The van der Waals surface area contributed by atoms with E-state index in [4.69, 9.17) is 4.74 Å². The molecule has 0 spiro atoms. The molecule has 0 saturated heterocycles. The summed E-state index contributed by atoms with van der Waals surface area (Å²) in [5.74, 6) is -1.30. The van der Waals surface area contributed by atoms with Crippen LogP contribution < -0.4 is 10.1 Å². The summed E-state index contributed by atoms with van der Waals surface area (Å²) in [4.78, 5) is 24.4. The van der Waals surface area contributed by atoms with Crippen LogP contribution in [0.5, 0.6) is 11.6 Å². The molecular formula is C25H27F2N3O4.